The molecule has 0 radical (unpaired) electrons. The van der Waals surface area contributed by atoms with Crippen molar-refractivity contribution in [3.05, 3.63) is 36.4 Å². The Kier molecular flexibility index (Phi) is 2.90. The van der Waals surface area contributed by atoms with Gasteiger partial charge in [0.15, 0.2) is 0 Å². The second-order valence-corrected chi connectivity index (χ2v) is 2.25. The molecule has 3 heteroatoms. The van der Waals surface area contributed by atoms with Gasteiger partial charge in [-0.15, -0.1) is 0 Å². The molecule has 0 aliphatic carbocycles. The van der Waals surface area contributed by atoms with Crippen LogP contribution in [0.3, 0.4) is 0 Å². The Balaban J connectivity index is 3.26. The second-order valence-electron chi connectivity index (χ2n) is 2.25. The molecule has 0 heterocycles. The van der Waals surface area contributed by atoms with Crippen molar-refractivity contribution in [1.29, 1.82) is 0 Å². The lowest BCUT2D eigenvalue weighted by Crippen LogP contribution is -1.93. The number of benzene rings is 1. The summed E-state index contributed by atoms with van der Waals surface area (Å²) >= 11 is 0. The minimum Gasteiger partial charge on any atom is -0.267 e. The second kappa shape index (κ2) is 4.14. The Hall–Kier alpha value is -1.99. The zero-order valence-corrected chi connectivity index (χ0v) is 7.03. The van der Waals surface area contributed by atoms with E-state index in [2.05, 4.69) is 29.2 Å². The Morgan fingerprint density at radius 1 is 1.38 bits per heavy atom. The molecule has 0 aromatic heterocycles. The lowest BCUT2D eigenvalue weighted by Gasteiger charge is -1.97. The van der Waals surface area contributed by atoms with Gasteiger partial charge in [0.05, 0.1) is 11.3 Å². The van der Waals surface area contributed by atoms with Crippen LogP contribution in [0.4, 0.5) is 5.69 Å². The summed E-state index contributed by atoms with van der Waals surface area (Å²) < 4.78 is 0. The summed E-state index contributed by atoms with van der Waals surface area (Å²) in [6.45, 7) is 6.49. The molecule has 0 spiro atoms. The Morgan fingerprint density at radius 2 is 2.08 bits per heavy atom. The molecule has 1 aromatic carbocycles. The quantitative estimate of drug-likeness (QED) is 0.629. The molecular formula is C10H8N2O. The van der Waals surface area contributed by atoms with Gasteiger partial charge in [-0.05, 0) is 31.3 Å². The molecule has 0 saturated heterocycles. The van der Waals surface area contributed by atoms with Gasteiger partial charge in [0.25, 0.3) is 5.91 Å². The molecule has 1 rings (SSSR count). The van der Waals surface area contributed by atoms with Crippen molar-refractivity contribution in [2.45, 2.75) is 0 Å². The molecule has 0 atom stereocenters. The fraction of sp³-hybridized carbons (Fsp3) is 0. The number of carbonyl (C=O) groups is 1. The van der Waals surface area contributed by atoms with Crippen LogP contribution in [0.2, 0.25) is 0 Å². The highest BCUT2D eigenvalue weighted by Gasteiger charge is 2.06. The molecule has 13 heavy (non-hydrogen) atoms. The van der Waals surface area contributed by atoms with Gasteiger partial charge >= 0.3 is 0 Å². The number of hydrogen-bond donors (Lipinski definition) is 0. The van der Waals surface area contributed by atoms with Gasteiger partial charge in [-0.1, -0.05) is 12.1 Å². The van der Waals surface area contributed by atoms with E-state index in [1.54, 1.807) is 24.3 Å². The monoisotopic (exact) mass is 172 g/mol. The van der Waals surface area contributed by atoms with Crippen LogP contribution in [-0.4, -0.2) is 18.5 Å². The molecule has 0 aliphatic heterocycles. The number of carbonyl (C=O) groups excluding carboxylic acids is 1. The maximum atomic E-state index is 11.2. The SMILES string of the molecule is C=C=Nc1ccccc1C(=O)N=C. The first-order valence-electron chi connectivity index (χ1n) is 3.62. The maximum absolute atomic E-state index is 11.2. The minimum atomic E-state index is -0.394. The van der Waals surface area contributed by atoms with Gasteiger partial charge < -0.3 is 0 Å². The van der Waals surface area contributed by atoms with Gasteiger partial charge in [-0.3, -0.25) is 4.79 Å². The summed E-state index contributed by atoms with van der Waals surface area (Å²) in [6, 6.07) is 6.83. The standard InChI is InChI=1S/C10H8N2O/c1-3-12-9-7-5-4-6-8(9)10(13)11-2/h4-7H,1-2H2. The largest absolute Gasteiger partial charge is 0.278 e. The third-order valence-electron chi connectivity index (χ3n) is 1.48. The predicted octanol–water partition coefficient (Wildman–Crippen LogP) is 2.01. The van der Waals surface area contributed by atoms with Crippen molar-refractivity contribution in [2.75, 3.05) is 0 Å². The van der Waals surface area contributed by atoms with Crippen LogP contribution in [0, 0.1) is 0 Å². The highest BCUT2D eigenvalue weighted by molar-refractivity contribution is 6.01. The van der Waals surface area contributed by atoms with Crippen molar-refractivity contribution in [3.8, 4) is 0 Å². The summed E-state index contributed by atoms with van der Waals surface area (Å²) in [7, 11) is 0. The zero-order valence-electron chi connectivity index (χ0n) is 7.03. The summed E-state index contributed by atoms with van der Waals surface area (Å²) in [5.41, 5.74) is 0.920. The van der Waals surface area contributed by atoms with Crippen LogP contribution < -0.4 is 0 Å². The van der Waals surface area contributed by atoms with Gasteiger partial charge in [0.1, 0.15) is 0 Å². The number of para-hydroxylation sites is 1. The fourth-order valence-corrected chi connectivity index (χ4v) is 0.922. The van der Waals surface area contributed by atoms with E-state index >= 15 is 0 Å². The topological polar surface area (TPSA) is 41.8 Å². The molecule has 64 valence electrons. The van der Waals surface area contributed by atoms with E-state index in [0.29, 0.717) is 11.3 Å². The molecule has 0 saturated carbocycles. The summed E-state index contributed by atoms with van der Waals surface area (Å²) in [6.07, 6.45) is 0. The predicted molar refractivity (Wildman–Crippen MR) is 53.0 cm³/mol. The number of aliphatic imine (C=N–C) groups is 2. The van der Waals surface area contributed by atoms with E-state index in [4.69, 9.17) is 0 Å². The van der Waals surface area contributed by atoms with Gasteiger partial charge in [-0.2, -0.15) is 0 Å². The number of nitrogens with zero attached hydrogens (tertiary/aromatic N) is 2. The van der Waals surface area contributed by atoms with Crippen LogP contribution in [0.1, 0.15) is 10.4 Å². The van der Waals surface area contributed by atoms with E-state index in [1.165, 1.54) is 0 Å². The lowest BCUT2D eigenvalue weighted by molar-refractivity contribution is 0.100. The molecule has 0 unspecified atom stereocenters. The highest BCUT2D eigenvalue weighted by atomic mass is 16.1. The van der Waals surface area contributed by atoms with Gasteiger partial charge in [-0.25, -0.2) is 9.98 Å². The summed E-state index contributed by atoms with van der Waals surface area (Å²) in [4.78, 5) is 18.3. The first-order chi connectivity index (χ1) is 6.29. The van der Waals surface area contributed by atoms with E-state index < -0.39 is 5.91 Å². The average molecular weight is 172 g/mol. The van der Waals surface area contributed by atoms with E-state index in [9.17, 15) is 4.79 Å². The van der Waals surface area contributed by atoms with Crippen molar-refractivity contribution in [2.24, 2.45) is 9.98 Å². The maximum Gasteiger partial charge on any atom is 0.278 e. The minimum absolute atomic E-state index is 0.394. The first kappa shape index (κ1) is 9.10. The molecule has 0 N–H and O–H groups in total. The van der Waals surface area contributed by atoms with E-state index in [0.717, 1.165) is 0 Å². The van der Waals surface area contributed by atoms with Crippen molar-refractivity contribution in [1.82, 2.24) is 0 Å². The van der Waals surface area contributed by atoms with Gasteiger partial charge in [0.2, 0.25) is 0 Å². The average Bonchev–Trinajstić information content (AvgIpc) is 2.18. The van der Waals surface area contributed by atoms with Crippen LogP contribution in [-0.2, 0) is 0 Å². The Bertz CT molecular complexity index is 390. The smallest absolute Gasteiger partial charge is 0.267 e. The molecular weight excluding hydrogens is 164 g/mol. The third-order valence-corrected chi connectivity index (χ3v) is 1.48. The third kappa shape index (κ3) is 1.98. The van der Waals surface area contributed by atoms with Crippen molar-refractivity contribution >= 4 is 24.2 Å². The van der Waals surface area contributed by atoms with Crippen molar-refractivity contribution in [3.63, 3.8) is 0 Å². The van der Waals surface area contributed by atoms with Gasteiger partial charge in [0, 0.05) is 0 Å². The van der Waals surface area contributed by atoms with Crippen molar-refractivity contribution < 1.29 is 4.79 Å². The normalized spacial score (nSPS) is 8.62. The van der Waals surface area contributed by atoms with E-state index in [1.807, 2.05) is 0 Å². The summed E-state index contributed by atoms with van der Waals surface area (Å²) in [5.74, 6) is 1.97. The number of amides is 1. The molecule has 0 fully saturated rings. The fourth-order valence-electron chi connectivity index (χ4n) is 0.922. The van der Waals surface area contributed by atoms with Crippen LogP contribution >= 0.6 is 0 Å². The van der Waals surface area contributed by atoms with Crippen LogP contribution in [0.5, 0.6) is 0 Å². The molecule has 3 nitrogen and oxygen atoms in total. The number of hydrogen-bond acceptors (Lipinski definition) is 2. The lowest BCUT2D eigenvalue weighted by atomic mass is 10.2. The van der Waals surface area contributed by atoms with Crippen LogP contribution in [0.15, 0.2) is 40.8 Å². The zero-order chi connectivity index (χ0) is 9.68. The first-order valence-corrected chi connectivity index (χ1v) is 3.62. The Morgan fingerprint density at radius 3 is 2.69 bits per heavy atom. The molecule has 0 bridgehead atoms. The number of rotatable bonds is 2. The molecule has 1 aromatic rings. The highest BCUT2D eigenvalue weighted by Crippen LogP contribution is 2.18. The van der Waals surface area contributed by atoms with Crippen LogP contribution in [0.25, 0.3) is 0 Å². The Labute approximate surface area is 76.2 Å². The molecule has 0 aliphatic rings. The summed E-state index contributed by atoms with van der Waals surface area (Å²) in [5, 5.41) is 0. The van der Waals surface area contributed by atoms with E-state index in [-0.39, 0.29) is 0 Å². The molecule has 1 amide bonds.